The van der Waals surface area contributed by atoms with Gasteiger partial charge >= 0.3 is 7.60 Å². The van der Waals surface area contributed by atoms with Gasteiger partial charge in [0, 0.05) is 0 Å². The van der Waals surface area contributed by atoms with Crippen molar-refractivity contribution in [2.75, 3.05) is 13.2 Å². The van der Waals surface area contributed by atoms with E-state index in [4.69, 9.17) is 14.8 Å². The molecular formula is C14H30NO4P. The van der Waals surface area contributed by atoms with Crippen molar-refractivity contribution in [3.8, 4) is 0 Å². The fourth-order valence-electron chi connectivity index (χ4n) is 2.34. The Balaban J connectivity index is 5.60. The van der Waals surface area contributed by atoms with Gasteiger partial charge in [0.25, 0.3) is 0 Å². The van der Waals surface area contributed by atoms with E-state index in [0.29, 0.717) is 12.8 Å². The van der Waals surface area contributed by atoms with Crippen molar-refractivity contribution in [2.24, 2.45) is 5.73 Å². The minimum Gasteiger partial charge on any atom is -0.369 e. The Bertz CT molecular complexity index is 315. The molecule has 0 aliphatic rings. The van der Waals surface area contributed by atoms with Gasteiger partial charge in [-0.1, -0.05) is 39.5 Å². The summed E-state index contributed by atoms with van der Waals surface area (Å²) >= 11 is 0. The monoisotopic (exact) mass is 307 g/mol. The smallest absolute Gasteiger partial charge is 0.346 e. The molecule has 0 saturated heterocycles. The highest BCUT2D eigenvalue weighted by Gasteiger charge is 2.54. The van der Waals surface area contributed by atoms with Crippen LogP contribution in [0.25, 0.3) is 0 Å². The molecule has 0 heterocycles. The molecule has 0 saturated carbocycles. The molecule has 0 aromatic heterocycles. The van der Waals surface area contributed by atoms with Gasteiger partial charge in [0.2, 0.25) is 5.91 Å². The molecule has 0 aliphatic heterocycles. The Morgan fingerprint density at radius 1 is 1.00 bits per heavy atom. The summed E-state index contributed by atoms with van der Waals surface area (Å²) in [5.41, 5.74) is 5.63. The van der Waals surface area contributed by atoms with Crippen LogP contribution >= 0.6 is 7.60 Å². The summed E-state index contributed by atoms with van der Waals surface area (Å²) in [5.74, 6) is -0.565. The summed E-state index contributed by atoms with van der Waals surface area (Å²) in [5, 5.41) is -1.19. The van der Waals surface area contributed by atoms with Crippen LogP contribution in [0.4, 0.5) is 0 Å². The quantitative estimate of drug-likeness (QED) is 0.555. The summed E-state index contributed by atoms with van der Waals surface area (Å²) < 4.78 is 24.0. The van der Waals surface area contributed by atoms with E-state index < -0.39 is 18.7 Å². The Labute approximate surface area is 123 Å². The van der Waals surface area contributed by atoms with Crippen LogP contribution in [0.15, 0.2) is 0 Å². The zero-order chi connectivity index (χ0) is 15.6. The molecule has 5 nitrogen and oxygen atoms in total. The van der Waals surface area contributed by atoms with Gasteiger partial charge in [0.05, 0.1) is 13.2 Å². The average Bonchev–Trinajstić information content (AvgIpc) is 2.39. The fourth-order valence-corrected chi connectivity index (χ4v) is 4.73. The third-order valence-corrected chi connectivity index (χ3v) is 6.38. The van der Waals surface area contributed by atoms with Crippen molar-refractivity contribution >= 4 is 13.5 Å². The Kier molecular flexibility index (Phi) is 9.36. The molecule has 6 heteroatoms. The van der Waals surface area contributed by atoms with Crippen LogP contribution in [0.1, 0.15) is 66.2 Å². The lowest BCUT2D eigenvalue weighted by Crippen LogP contribution is -2.44. The number of amides is 1. The van der Waals surface area contributed by atoms with Crippen LogP contribution < -0.4 is 5.73 Å². The van der Waals surface area contributed by atoms with Gasteiger partial charge in [-0.15, -0.1) is 0 Å². The van der Waals surface area contributed by atoms with Crippen LogP contribution in [0.5, 0.6) is 0 Å². The Morgan fingerprint density at radius 2 is 1.40 bits per heavy atom. The zero-order valence-corrected chi connectivity index (χ0v) is 14.2. The van der Waals surface area contributed by atoms with Gasteiger partial charge in [-0.25, -0.2) is 0 Å². The molecule has 0 fully saturated rings. The van der Waals surface area contributed by atoms with Crippen molar-refractivity contribution in [1.82, 2.24) is 0 Å². The predicted molar refractivity (Wildman–Crippen MR) is 81.8 cm³/mol. The van der Waals surface area contributed by atoms with Crippen molar-refractivity contribution in [3.63, 3.8) is 0 Å². The maximum atomic E-state index is 13.1. The molecule has 0 radical (unpaired) electrons. The summed E-state index contributed by atoms with van der Waals surface area (Å²) in [6.45, 7) is 8.03. The topological polar surface area (TPSA) is 78.6 Å². The van der Waals surface area contributed by atoms with E-state index in [2.05, 4.69) is 0 Å². The lowest BCUT2D eigenvalue weighted by atomic mass is 9.94. The number of hydrogen-bond acceptors (Lipinski definition) is 4. The second-order valence-corrected chi connectivity index (χ2v) is 7.30. The molecule has 0 rings (SSSR count). The van der Waals surface area contributed by atoms with Gasteiger partial charge < -0.3 is 14.8 Å². The largest absolute Gasteiger partial charge is 0.369 e. The van der Waals surface area contributed by atoms with Crippen LogP contribution in [0, 0.1) is 0 Å². The van der Waals surface area contributed by atoms with Gasteiger partial charge in [-0.3, -0.25) is 9.36 Å². The summed E-state index contributed by atoms with van der Waals surface area (Å²) in [7, 11) is -3.55. The molecule has 0 unspecified atom stereocenters. The van der Waals surface area contributed by atoms with Gasteiger partial charge in [-0.05, 0) is 26.7 Å². The number of rotatable bonds is 12. The molecule has 0 bridgehead atoms. The Morgan fingerprint density at radius 3 is 1.65 bits per heavy atom. The minimum atomic E-state index is -3.55. The molecule has 1 amide bonds. The standard InChI is InChI=1S/C14H30NO4P/c1-5-9-11-14(13(15)16,12-10-6-2)20(17,18-7-3)19-8-4/h5-12H2,1-4H3,(H2,15,16). The number of nitrogens with two attached hydrogens (primary N) is 1. The molecule has 0 atom stereocenters. The molecular weight excluding hydrogens is 277 g/mol. The third-order valence-electron chi connectivity index (χ3n) is 3.47. The maximum Gasteiger partial charge on any atom is 0.346 e. The van der Waals surface area contributed by atoms with E-state index in [-0.39, 0.29) is 13.2 Å². The predicted octanol–water partition coefficient (Wildman–Crippen LogP) is 3.86. The first-order chi connectivity index (χ1) is 9.44. The number of primary amides is 1. The SMILES string of the molecule is CCCCC(CCCC)(C(N)=O)P(=O)(OCC)OCC. The molecule has 0 aromatic carbocycles. The molecule has 120 valence electrons. The van der Waals surface area contributed by atoms with Crippen molar-refractivity contribution in [3.05, 3.63) is 0 Å². The van der Waals surface area contributed by atoms with E-state index >= 15 is 0 Å². The van der Waals surface area contributed by atoms with E-state index in [1.54, 1.807) is 13.8 Å². The second-order valence-electron chi connectivity index (χ2n) is 4.94. The Hall–Kier alpha value is -0.380. The molecule has 2 N–H and O–H groups in total. The molecule has 20 heavy (non-hydrogen) atoms. The van der Waals surface area contributed by atoms with Gasteiger partial charge in [-0.2, -0.15) is 0 Å². The highest BCUT2D eigenvalue weighted by molar-refractivity contribution is 7.56. The summed E-state index contributed by atoms with van der Waals surface area (Å²) in [6, 6.07) is 0. The van der Waals surface area contributed by atoms with Crippen LogP contribution in [-0.2, 0) is 18.4 Å². The fraction of sp³-hybridized carbons (Fsp3) is 0.929. The first-order valence-electron chi connectivity index (χ1n) is 7.63. The molecule has 0 aromatic rings. The first kappa shape index (κ1) is 19.6. The van der Waals surface area contributed by atoms with Crippen LogP contribution in [0.2, 0.25) is 0 Å². The van der Waals surface area contributed by atoms with E-state index in [9.17, 15) is 9.36 Å². The first-order valence-corrected chi connectivity index (χ1v) is 9.17. The number of hydrogen-bond donors (Lipinski definition) is 1. The normalized spacial score (nSPS) is 12.6. The number of carbonyl (C=O) groups excluding carboxylic acids is 1. The minimum absolute atomic E-state index is 0.241. The average molecular weight is 307 g/mol. The van der Waals surface area contributed by atoms with Crippen LogP contribution in [0.3, 0.4) is 0 Å². The van der Waals surface area contributed by atoms with Crippen molar-refractivity contribution in [2.45, 2.75) is 71.4 Å². The van der Waals surface area contributed by atoms with Crippen molar-refractivity contribution < 1.29 is 18.4 Å². The van der Waals surface area contributed by atoms with E-state index in [1.807, 2.05) is 13.8 Å². The van der Waals surface area contributed by atoms with E-state index in [1.165, 1.54) is 0 Å². The summed E-state index contributed by atoms with van der Waals surface area (Å²) in [4.78, 5) is 12.1. The van der Waals surface area contributed by atoms with Gasteiger partial charge in [0.15, 0.2) is 5.16 Å². The third kappa shape index (κ3) is 4.57. The van der Waals surface area contributed by atoms with Crippen molar-refractivity contribution in [1.29, 1.82) is 0 Å². The highest BCUT2D eigenvalue weighted by atomic mass is 31.2. The molecule has 0 aliphatic carbocycles. The zero-order valence-electron chi connectivity index (χ0n) is 13.3. The van der Waals surface area contributed by atoms with Gasteiger partial charge in [0.1, 0.15) is 0 Å². The number of unbranched alkanes of at least 4 members (excludes halogenated alkanes) is 2. The second kappa shape index (κ2) is 9.54. The summed E-state index contributed by atoms with van der Waals surface area (Å²) in [6.07, 6.45) is 4.26. The molecule has 0 spiro atoms. The lowest BCUT2D eigenvalue weighted by molar-refractivity contribution is -0.121. The van der Waals surface area contributed by atoms with E-state index in [0.717, 1.165) is 25.7 Å². The number of carbonyl (C=O) groups is 1. The van der Waals surface area contributed by atoms with Crippen LogP contribution in [-0.4, -0.2) is 24.3 Å². The highest BCUT2D eigenvalue weighted by Crippen LogP contribution is 2.63. The maximum absolute atomic E-state index is 13.1. The lowest BCUT2D eigenvalue weighted by Gasteiger charge is -2.36.